The second kappa shape index (κ2) is 8.90. The van der Waals surface area contributed by atoms with E-state index < -0.39 is 11.9 Å². The number of amides is 1. The summed E-state index contributed by atoms with van der Waals surface area (Å²) in [5.74, 6) is -0.920. The Morgan fingerprint density at radius 1 is 1.07 bits per heavy atom. The van der Waals surface area contributed by atoms with Crippen LogP contribution in [0.5, 0.6) is 0 Å². The number of aryl methyl sites for hydroxylation is 1. The Hall–Kier alpha value is -3.48. The second-order valence-electron chi connectivity index (χ2n) is 8.04. The number of fused-ring (bicyclic) bond motifs is 1. The maximum Gasteiger partial charge on any atom is 0.308 e. The van der Waals surface area contributed by atoms with Gasteiger partial charge < -0.3 is 10.1 Å². The first-order chi connectivity index (χ1) is 14.2. The Morgan fingerprint density at radius 3 is 2.47 bits per heavy atom. The summed E-state index contributed by atoms with van der Waals surface area (Å²) in [6.07, 6.45) is 1.26. The van der Waals surface area contributed by atoms with E-state index in [0.717, 1.165) is 5.56 Å². The van der Waals surface area contributed by atoms with Crippen molar-refractivity contribution in [2.75, 3.05) is 11.9 Å². The first kappa shape index (κ1) is 21.2. The van der Waals surface area contributed by atoms with Gasteiger partial charge in [0.25, 0.3) is 5.91 Å². The van der Waals surface area contributed by atoms with E-state index in [2.05, 4.69) is 31.2 Å². The zero-order valence-electron chi connectivity index (χ0n) is 17.3. The molecule has 7 nitrogen and oxygen atoms in total. The summed E-state index contributed by atoms with van der Waals surface area (Å²) in [4.78, 5) is 35.9. The van der Waals surface area contributed by atoms with Crippen molar-refractivity contribution in [1.82, 2.24) is 9.78 Å². The lowest BCUT2D eigenvalue weighted by Crippen LogP contribution is -2.22. The Labute approximate surface area is 174 Å². The zero-order chi connectivity index (χ0) is 21.7. The minimum absolute atomic E-state index is 0.0320. The van der Waals surface area contributed by atoms with Gasteiger partial charge >= 0.3 is 5.97 Å². The largest absolute Gasteiger partial charge is 0.456 e. The van der Waals surface area contributed by atoms with Gasteiger partial charge in [-0.2, -0.15) is 5.10 Å². The van der Waals surface area contributed by atoms with Gasteiger partial charge in [0.1, 0.15) is 0 Å². The number of aromatic nitrogens is 2. The highest BCUT2D eigenvalue weighted by Crippen LogP contribution is 2.23. The van der Waals surface area contributed by atoms with E-state index in [9.17, 15) is 14.4 Å². The van der Waals surface area contributed by atoms with Gasteiger partial charge in [-0.15, -0.1) is 0 Å². The summed E-state index contributed by atoms with van der Waals surface area (Å²) in [5.41, 5.74) is 2.32. The number of carbonyl (C=O) groups excluding carboxylic acids is 2. The predicted octanol–water partition coefficient (Wildman–Crippen LogP) is 3.27. The summed E-state index contributed by atoms with van der Waals surface area (Å²) in [6.45, 7) is 6.23. The molecule has 0 radical (unpaired) electrons. The average molecular weight is 407 g/mol. The van der Waals surface area contributed by atoms with Crippen LogP contribution >= 0.6 is 0 Å². The lowest BCUT2D eigenvalue weighted by Gasteiger charge is -2.19. The molecule has 0 bridgehead atoms. The molecule has 3 rings (SSSR count). The lowest BCUT2D eigenvalue weighted by atomic mass is 9.87. The van der Waals surface area contributed by atoms with Crippen molar-refractivity contribution in [2.24, 2.45) is 0 Å². The van der Waals surface area contributed by atoms with Crippen LogP contribution in [0.4, 0.5) is 5.69 Å². The van der Waals surface area contributed by atoms with Gasteiger partial charge in [-0.25, -0.2) is 0 Å². The Bertz CT molecular complexity index is 1110. The standard InChI is InChI=1S/C23H25N3O4/c1-23(2,3)16-8-10-17(11-9-16)25-21(28)15-30-22(29)12-13-26-19-7-5-4-6-18(19)20(27)14-24-26/h4-11,14H,12-13,15H2,1-3H3,(H,25,28). The lowest BCUT2D eigenvalue weighted by molar-refractivity contribution is -0.147. The third kappa shape index (κ3) is 5.31. The van der Waals surface area contributed by atoms with Gasteiger partial charge in [0.05, 0.1) is 24.7 Å². The number of hydrogen-bond acceptors (Lipinski definition) is 5. The second-order valence-corrected chi connectivity index (χ2v) is 8.04. The molecule has 1 heterocycles. The van der Waals surface area contributed by atoms with E-state index in [0.29, 0.717) is 16.6 Å². The Kier molecular flexibility index (Phi) is 6.30. The van der Waals surface area contributed by atoms with Crippen molar-refractivity contribution in [2.45, 2.75) is 39.2 Å². The van der Waals surface area contributed by atoms with Crippen molar-refractivity contribution in [3.8, 4) is 0 Å². The number of benzene rings is 2. The van der Waals surface area contributed by atoms with Gasteiger partial charge in [-0.1, -0.05) is 45.0 Å². The van der Waals surface area contributed by atoms with Crippen molar-refractivity contribution >= 4 is 28.5 Å². The number of nitrogens with zero attached hydrogens (tertiary/aromatic N) is 2. The summed E-state index contributed by atoms with van der Waals surface area (Å²) in [7, 11) is 0. The van der Waals surface area contributed by atoms with Crippen LogP contribution in [0.15, 0.2) is 59.5 Å². The summed E-state index contributed by atoms with van der Waals surface area (Å²) >= 11 is 0. The van der Waals surface area contributed by atoms with Crippen molar-refractivity contribution in [1.29, 1.82) is 0 Å². The molecule has 2 aromatic carbocycles. The number of para-hydroxylation sites is 1. The Morgan fingerprint density at radius 2 is 1.77 bits per heavy atom. The molecule has 0 aliphatic rings. The number of esters is 1. The molecule has 30 heavy (non-hydrogen) atoms. The SMILES string of the molecule is CC(C)(C)c1ccc(NC(=O)COC(=O)CCn2ncc(=O)c3ccccc32)cc1. The molecule has 0 saturated carbocycles. The van der Waals surface area contributed by atoms with Gasteiger partial charge in [0.15, 0.2) is 6.61 Å². The minimum Gasteiger partial charge on any atom is -0.456 e. The maximum atomic E-state index is 12.0. The molecule has 3 aromatic rings. The molecule has 0 saturated heterocycles. The average Bonchev–Trinajstić information content (AvgIpc) is 2.72. The molecule has 156 valence electrons. The van der Waals surface area contributed by atoms with Gasteiger partial charge in [0, 0.05) is 11.1 Å². The summed E-state index contributed by atoms with van der Waals surface area (Å²) in [5, 5.41) is 7.32. The van der Waals surface area contributed by atoms with E-state index in [1.165, 1.54) is 6.20 Å². The molecular weight excluding hydrogens is 382 g/mol. The number of ether oxygens (including phenoxy) is 1. The molecule has 0 atom stereocenters. The smallest absolute Gasteiger partial charge is 0.308 e. The minimum atomic E-state index is -0.516. The number of rotatable bonds is 6. The molecule has 1 amide bonds. The van der Waals surface area contributed by atoms with Crippen LogP contribution in [-0.4, -0.2) is 28.3 Å². The van der Waals surface area contributed by atoms with Crippen LogP contribution in [-0.2, 0) is 26.3 Å². The number of hydrogen-bond donors (Lipinski definition) is 1. The molecule has 0 aliphatic heterocycles. The molecule has 1 aromatic heterocycles. The van der Waals surface area contributed by atoms with E-state index in [-0.39, 0.29) is 30.4 Å². The molecule has 0 aliphatic carbocycles. The molecular formula is C23H25N3O4. The van der Waals surface area contributed by atoms with E-state index in [1.807, 2.05) is 24.3 Å². The third-order valence-electron chi connectivity index (χ3n) is 4.69. The van der Waals surface area contributed by atoms with Crippen LogP contribution in [0.25, 0.3) is 10.9 Å². The fourth-order valence-electron chi connectivity index (χ4n) is 3.01. The summed E-state index contributed by atoms with van der Waals surface area (Å²) < 4.78 is 6.64. The number of nitrogens with one attached hydrogen (secondary N) is 1. The molecule has 7 heteroatoms. The number of anilines is 1. The van der Waals surface area contributed by atoms with Gasteiger partial charge in [-0.05, 0) is 35.2 Å². The van der Waals surface area contributed by atoms with Gasteiger partial charge in [0.2, 0.25) is 5.43 Å². The topological polar surface area (TPSA) is 90.3 Å². The Balaban J connectivity index is 1.50. The van der Waals surface area contributed by atoms with Crippen LogP contribution in [0.1, 0.15) is 32.8 Å². The van der Waals surface area contributed by atoms with Crippen LogP contribution < -0.4 is 10.7 Å². The van der Waals surface area contributed by atoms with Crippen molar-refractivity contribution in [3.63, 3.8) is 0 Å². The monoisotopic (exact) mass is 407 g/mol. The number of carbonyl (C=O) groups is 2. The highest BCUT2D eigenvalue weighted by atomic mass is 16.5. The fourth-order valence-corrected chi connectivity index (χ4v) is 3.01. The van der Waals surface area contributed by atoms with E-state index in [4.69, 9.17) is 4.74 Å². The highest BCUT2D eigenvalue weighted by Gasteiger charge is 2.14. The normalized spacial score (nSPS) is 11.3. The van der Waals surface area contributed by atoms with Crippen LogP contribution in [0, 0.1) is 0 Å². The van der Waals surface area contributed by atoms with Crippen molar-refractivity contribution in [3.05, 3.63) is 70.5 Å². The predicted molar refractivity (Wildman–Crippen MR) is 115 cm³/mol. The van der Waals surface area contributed by atoms with Crippen molar-refractivity contribution < 1.29 is 14.3 Å². The molecule has 0 spiro atoms. The first-order valence-electron chi connectivity index (χ1n) is 9.75. The van der Waals surface area contributed by atoms with Crippen LogP contribution in [0.3, 0.4) is 0 Å². The highest BCUT2D eigenvalue weighted by molar-refractivity contribution is 5.92. The van der Waals surface area contributed by atoms with Crippen LogP contribution in [0.2, 0.25) is 0 Å². The van der Waals surface area contributed by atoms with Gasteiger partial charge in [-0.3, -0.25) is 19.1 Å². The van der Waals surface area contributed by atoms with E-state index in [1.54, 1.807) is 28.9 Å². The maximum absolute atomic E-state index is 12.0. The molecule has 0 fully saturated rings. The fraction of sp³-hybridized carbons (Fsp3) is 0.304. The third-order valence-corrected chi connectivity index (χ3v) is 4.69. The quantitative estimate of drug-likeness (QED) is 0.634. The molecule has 1 N–H and O–H groups in total. The zero-order valence-corrected chi connectivity index (χ0v) is 17.3. The molecule has 0 unspecified atom stereocenters. The first-order valence-corrected chi connectivity index (χ1v) is 9.75. The van der Waals surface area contributed by atoms with E-state index >= 15 is 0 Å². The summed E-state index contributed by atoms with van der Waals surface area (Å²) in [6, 6.07) is 14.6.